The Morgan fingerprint density at radius 2 is 1.47 bits per heavy atom. The van der Waals surface area contributed by atoms with Crippen molar-refractivity contribution >= 4 is 0 Å². The smallest absolute Gasteiger partial charge is 0.0126 e. The average Bonchev–Trinajstić information content (AvgIpc) is 2.26. The maximum Gasteiger partial charge on any atom is -0.0126 e. The lowest BCUT2D eigenvalue weighted by molar-refractivity contribution is 0.621. The van der Waals surface area contributed by atoms with E-state index < -0.39 is 0 Å². The SMILES string of the molecule is [CH]=C=CCCCCCCCC=CCCC. The van der Waals surface area contributed by atoms with Gasteiger partial charge in [0.05, 0.1) is 0 Å². The number of hydrogen-bond acceptors (Lipinski definition) is 0. The summed E-state index contributed by atoms with van der Waals surface area (Å²) in [5.41, 5.74) is 2.56. The van der Waals surface area contributed by atoms with Gasteiger partial charge in [-0.1, -0.05) is 44.8 Å². The van der Waals surface area contributed by atoms with Crippen molar-refractivity contribution in [3.05, 3.63) is 30.5 Å². The van der Waals surface area contributed by atoms with E-state index in [4.69, 9.17) is 6.58 Å². The summed E-state index contributed by atoms with van der Waals surface area (Å²) in [5, 5.41) is 0. The second-order valence-electron chi connectivity index (χ2n) is 3.98. The number of rotatable bonds is 10. The third kappa shape index (κ3) is 13.3. The maximum atomic E-state index is 5.14. The van der Waals surface area contributed by atoms with Crippen LogP contribution in [-0.2, 0) is 0 Å². The van der Waals surface area contributed by atoms with Gasteiger partial charge in [-0.15, -0.1) is 5.73 Å². The van der Waals surface area contributed by atoms with Gasteiger partial charge >= 0.3 is 0 Å². The highest BCUT2D eigenvalue weighted by Gasteiger charge is 1.88. The van der Waals surface area contributed by atoms with Gasteiger partial charge in [0.25, 0.3) is 0 Å². The van der Waals surface area contributed by atoms with Crippen LogP contribution in [-0.4, -0.2) is 0 Å². The molecule has 0 rings (SSSR count). The summed E-state index contributed by atoms with van der Waals surface area (Å²) in [6.45, 7) is 7.36. The molecule has 15 heavy (non-hydrogen) atoms. The van der Waals surface area contributed by atoms with Gasteiger partial charge in [-0.25, -0.2) is 0 Å². The van der Waals surface area contributed by atoms with Crippen molar-refractivity contribution in [2.24, 2.45) is 0 Å². The fourth-order valence-electron chi connectivity index (χ4n) is 1.52. The molecule has 0 aromatic carbocycles. The Kier molecular flexibility index (Phi) is 12.6. The van der Waals surface area contributed by atoms with Crippen molar-refractivity contribution in [1.82, 2.24) is 0 Å². The van der Waals surface area contributed by atoms with Gasteiger partial charge < -0.3 is 0 Å². The van der Waals surface area contributed by atoms with Gasteiger partial charge in [0, 0.05) is 0 Å². The van der Waals surface area contributed by atoms with E-state index in [1.54, 1.807) is 0 Å². The molecule has 0 aromatic heterocycles. The first kappa shape index (κ1) is 14.3. The van der Waals surface area contributed by atoms with Gasteiger partial charge in [0.2, 0.25) is 0 Å². The van der Waals surface area contributed by atoms with Crippen LogP contribution in [0.3, 0.4) is 0 Å². The third-order valence-electron chi connectivity index (χ3n) is 2.46. The van der Waals surface area contributed by atoms with Crippen molar-refractivity contribution in [1.29, 1.82) is 0 Å². The molecule has 0 aliphatic rings. The summed E-state index contributed by atoms with van der Waals surface area (Å²) in [4.78, 5) is 0. The van der Waals surface area contributed by atoms with Crippen LogP contribution in [0.1, 0.15) is 64.7 Å². The topological polar surface area (TPSA) is 0 Å². The zero-order chi connectivity index (χ0) is 11.2. The minimum Gasteiger partial charge on any atom is -0.125 e. The van der Waals surface area contributed by atoms with Crippen LogP contribution in [0.25, 0.3) is 0 Å². The molecule has 85 valence electrons. The lowest BCUT2D eigenvalue weighted by Crippen LogP contribution is -1.78. The molecule has 0 amide bonds. The monoisotopic (exact) mass is 205 g/mol. The molecule has 0 aliphatic heterocycles. The summed E-state index contributed by atoms with van der Waals surface area (Å²) in [5.74, 6) is 0. The van der Waals surface area contributed by atoms with Crippen LogP contribution in [0, 0.1) is 6.58 Å². The molecule has 0 aromatic rings. The molecule has 0 nitrogen and oxygen atoms in total. The van der Waals surface area contributed by atoms with E-state index in [1.807, 2.05) is 6.08 Å². The molecular weight excluding hydrogens is 180 g/mol. The summed E-state index contributed by atoms with van der Waals surface area (Å²) >= 11 is 0. The Bertz CT molecular complexity index is 182. The van der Waals surface area contributed by atoms with Crippen LogP contribution >= 0.6 is 0 Å². The van der Waals surface area contributed by atoms with E-state index in [-0.39, 0.29) is 0 Å². The van der Waals surface area contributed by atoms with E-state index in [0.717, 1.165) is 6.42 Å². The largest absolute Gasteiger partial charge is 0.125 e. The molecule has 0 atom stereocenters. The molecule has 0 heteroatoms. The van der Waals surface area contributed by atoms with Gasteiger partial charge in [0.15, 0.2) is 0 Å². The molecule has 1 radical (unpaired) electrons. The Labute approximate surface area is 95.8 Å². The van der Waals surface area contributed by atoms with Crippen molar-refractivity contribution < 1.29 is 0 Å². The van der Waals surface area contributed by atoms with Crippen molar-refractivity contribution in [3.8, 4) is 0 Å². The normalized spacial score (nSPS) is 10.5. The Balaban J connectivity index is 3.01. The molecule has 0 bridgehead atoms. The van der Waals surface area contributed by atoms with Crippen LogP contribution in [0.2, 0.25) is 0 Å². The highest BCUT2D eigenvalue weighted by atomic mass is 13.9. The van der Waals surface area contributed by atoms with Crippen molar-refractivity contribution in [3.63, 3.8) is 0 Å². The molecule has 0 saturated heterocycles. The molecular formula is C15H25. The molecule has 0 spiro atoms. The summed E-state index contributed by atoms with van der Waals surface area (Å²) in [6.07, 6.45) is 18.1. The Morgan fingerprint density at radius 3 is 2.13 bits per heavy atom. The van der Waals surface area contributed by atoms with Gasteiger partial charge in [0.1, 0.15) is 0 Å². The Hall–Kier alpha value is -0.740. The highest BCUT2D eigenvalue weighted by Crippen LogP contribution is 2.07. The van der Waals surface area contributed by atoms with Gasteiger partial charge in [-0.05, 0) is 44.8 Å². The predicted molar refractivity (Wildman–Crippen MR) is 68.8 cm³/mol. The third-order valence-corrected chi connectivity index (χ3v) is 2.46. The van der Waals surface area contributed by atoms with Crippen molar-refractivity contribution in [2.75, 3.05) is 0 Å². The van der Waals surface area contributed by atoms with E-state index >= 15 is 0 Å². The van der Waals surface area contributed by atoms with Gasteiger partial charge in [-0.3, -0.25) is 0 Å². The minimum absolute atomic E-state index is 1.09. The second-order valence-corrected chi connectivity index (χ2v) is 3.98. The first-order valence-corrected chi connectivity index (χ1v) is 6.34. The zero-order valence-electron chi connectivity index (χ0n) is 10.2. The van der Waals surface area contributed by atoms with E-state index in [9.17, 15) is 0 Å². The fourth-order valence-corrected chi connectivity index (χ4v) is 1.52. The molecule has 0 heterocycles. The molecule has 0 fully saturated rings. The average molecular weight is 205 g/mol. The number of unbranched alkanes of at least 4 members (excludes halogenated alkanes) is 7. The molecule has 0 aliphatic carbocycles. The minimum atomic E-state index is 1.09. The first-order chi connectivity index (χ1) is 7.41. The predicted octanol–water partition coefficient (Wildman–Crippen LogP) is 5.22. The summed E-state index contributed by atoms with van der Waals surface area (Å²) < 4.78 is 0. The number of hydrogen-bond donors (Lipinski definition) is 0. The lowest BCUT2D eigenvalue weighted by Gasteiger charge is -1.97. The Morgan fingerprint density at radius 1 is 0.867 bits per heavy atom. The number of allylic oxidation sites excluding steroid dienone is 3. The summed E-state index contributed by atoms with van der Waals surface area (Å²) in [6, 6.07) is 0. The fraction of sp³-hybridized carbons (Fsp3) is 0.667. The highest BCUT2D eigenvalue weighted by molar-refractivity contribution is 4.80. The van der Waals surface area contributed by atoms with E-state index in [0.29, 0.717) is 0 Å². The molecule has 0 N–H and O–H groups in total. The lowest BCUT2D eigenvalue weighted by atomic mass is 10.1. The zero-order valence-corrected chi connectivity index (χ0v) is 10.2. The maximum absolute atomic E-state index is 5.14. The van der Waals surface area contributed by atoms with Crippen molar-refractivity contribution in [2.45, 2.75) is 64.7 Å². The first-order valence-electron chi connectivity index (χ1n) is 6.34. The molecule has 0 saturated carbocycles. The summed E-state index contributed by atoms with van der Waals surface area (Å²) in [7, 11) is 0. The van der Waals surface area contributed by atoms with Crippen LogP contribution < -0.4 is 0 Å². The van der Waals surface area contributed by atoms with E-state index in [1.165, 1.54) is 51.4 Å². The van der Waals surface area contributed by atoms with E-state index in [2.05, 4.69) is 24.8 Å². The van der Waals surface area contributed by atoms with Crippen LogP contribution in [0.4, 0.5) is 0 Å². The standard InChI is InChI=1S/C15H25/c1-3-5-7-9-11-13-15-14-12-10-8-6-4-2/h1,5,8,10H,4,6-7,9,11-15H2,2H3. The second kappa shape index (κ2) is 13.3. The van der Waals surface area contributed by atoms with Crippen LogP contribution in [0.5, 0.6) is 0 Å². The van der Waals surface area contributed by atoms with Gasteiger partial charge in [-0.2, -0.15) is 0 Å². The molecule has 0 unspecified atom stereocenters. The quantitative estimate of drug-likeness (QED) is 0.261. The van der Waals surface area contributed by atoms with Crippen LogP contribution in [0.15, 0.2) is 24.0 Å².